The van der Waals surface area contributed by atoms with Crippen LogP contribution in [0.3, 0.4) is 0 Å². The van der Waals surface area contributed by atoms with Crippen LogP contribution in [0.4, 0.5) is 0 Å². The Morgan fingerprint density at radius 3 is 2.08 bits per heavy atom. The van der Waals surface area contributed by atoms with Crippen molar-refractivity contribution in [2.45, 2.75) is 31.7 Å². The standard InChI is InChI=1S/C17H30N4O3.2ClH/c18-15-3-1-2-14(15)12-16(22)20-6-4-19(5-7-20)13-17(23)21-8-10-24-11-9-21;;/h14-15H,1-13,18H2;2*1H/t14-,15+;;/m0../s1. The van der Waals surface area contributed by atoms with Gasteiger partial charge in [-0.25, -0.2) is 0 Å². The van der Waals surface area contributed by atoms with Crippen molar-refractivity contribution in [2.75, 3.05) is 59.0 Å². The molecule has 1 saturated carbocycles. The van der Waals surface area contributed by atoms with Gasteiger partial charge in [0, 0.05) is 51.7 Å². The Balaban J connectivity index is 0.00000169. The van der Waals surface area contributed by atoms with Crippen LogP contribution in [0.2, 0.25) is 0 Å². The number of hydrogen-bond donors (Lipinski definition) is 1. The summed E-state index contributed by atoms with van der Waals surface area (Å²) in [6, 6.07) is 0.196. The highest BCUT2D eigenvalue weighted by molar-refractivity contribution is 5.85. The minimum atomic E-state index is 0. The summed E-state index contributed by atoms with van der Waals surface area (Å²) in [5, 5.41) is 0. The number of nitrogens with zero attached hydrogens (tertiary/aromatic N) is 3. The first-order chi connectivity index (χ1) is 11.6. The molecule has 0 aromatic heterocycles. The molecule has 0 unspecified atom stereocenters. The van der Waals surface area contributed by atoms with Crippen LogP contribution in [0.25, 0.3) is 0 Å². The average molecular weight is 411 g/mol. The summed E-state index contributed by atoms with van der Waals surface area (Å²) in [7, 11) is 0. The van der Waals surface area contributed by atoms with E-state index < -0.39 is 0 Å². The van der Waals surface area contributed by atoms with Crippen molar-refractivity contribution in [3.8, 4) is 0 Å². The predicted molar refractivity (Wildman–Crippen MR) is 105 cm³/mol. The average Bonchev–Trinajstić information content (AvgIpc) is 3.01. The van der Waals surface area contributed by atoms with E-state index in [1.807, 2.05) is 9.80 Å². The van der Waals surface area contributed by atoms with E-state index in [-0.39, 0.29) is 42.7 Å². The van der Waals surface area contributed by atoms with Gasteiger partial charge in [-0.2, -0.15) is 0 Å². The number of carbonyl (C=O) groups is 2. The number of nitrogens with two attached hydrogens (primary N) is 1. The first-order valence-electron chi connectivity index (χ1n) is 9.24. The number of hydrogen-bond acceptors (Lipinski definition) is 5. The maximum atomic E-state index is 12.4. The lowest BCUT2D eigenvalue weighted by Gasteiger charge is -2.36. The Hall–Kier alpha value is -0.600. The van der Waals surface area contributed by atoms with E-state index in [0.717, 1.165) is 45.4 Å². The summed E-state index contributed by atoms with van der Waals surface area (Å²) in [6.45, 7) is 6.10. The van der Waals surface area contributed by atoms with E-state index >= 15 is 0 Å². The summed E-state index contributed by atoms with van der Waals surface area (Å²) in [4.78, 5) is 30.7. The van der Waals surface area contributed by atoms with Crippen LogP contribution in [0.15, 0.2) is 0 Å². The van der Waals surface area contributed by atoms with Crippen LogP contribution in [0, 0.1) is 5.92 Å². The van der Waals surface area contributed by atoms with Gasteiger partial charge in [0.1, 0.15) is 0 Å². The zero-order valence-electron chi connectivity index (χ0n) is 15.3. The fraction of sp³-hybridized carbons (Fsp3) is 0.882. The molecule has 0 aromatic rings. The summed E-state index contributed by atoms with van der Waals surface area (Å²) >= 11 is 0. The van der Waals surface area contributed by atoms with Crippen LogP contribution in [0.1, 0.15) is 25.7 Å². The van der Waals surface area contributed by atoms with Crippen LogP contribution in [-0.2, 0) is 14.3 Å². The molecule has 2 aliphatic heterocycles. The fourth-order valence-electron chi connectivity index (χ4n) is 3.93. The van der Waals surface area contributed by atoms with E-state index in [9.17, 15) is 9.59 Å². The van der Waals surface area contributed by atoms with Crippen LogP contribution in [0.5, 0.6) is 0 Å². The molecule has 2 N–H and O–H groups in total. The lowest BCUT2D eigenvalue weighted by atomic mass is 9.99. The molecule has 0 aromatic carbocycles. The summed E-state index contributed by atoms with van der Waals surface area (Å²) in [5.41, 5.74) is 6.07. The topological polar surface area (TPSA) is 79.1 Å². The molecule has 9 heteroatoms. The molecule has 3 fully saturated rings. The van der Waals surface area contributed by atoms with Gasteiger partial charge in [-0.1, -0.05) is 6.42 Å². The molecule has 0 bridgehead atoms. The number of halogens is 2. The first-order valence-corrected chi connectivity index (χ1v) is 9.24. The van der Waals surface area contributed by atoms with Gasteiger partial charge in [0.2, 0.25) is 11.8 Å². The zero-order chi connectivity index (χ0) is 16.9. The number of morpholine rings is 1. The maximum Gasteiger partial charge on any atom is 0.236 e. The van der Waals surface area contributed by atoms with Gasteiger partial charge in [-0.15, -0.1) is 24.8 Å². The van der Waals surface area contributed by atoms with Crippen LogP contribution in [-0.4, -0.2) is 91.6 Å². The molecule has 1 aliphatic carbocycles. The van der Waals surface area contributed by atoms with Crippen molar-refractivity contribution >= 4 is 36.6 Å². The molecule has 7 nitrogen and oxygen atoms in total. The van der Waals surface area contributed by atoms with Gasteiger partial charge in [0.05, 0.1) is 19.8 Å². The molecule has 3 rings (SSSR count). The monoisotopic (exact) mass is 410 g/mol. The third kappa shape index (κ3) is 6.23. The van der Waals surface area contributed by atoms with Gasteiger partial charge in [0.15, 0.2) is 0 Å². The molecule has 0 spiro atoms. The molecule has 152 valence electrons. The molecule has 3 aliphatic rings. The number of rotatable bonds is 4. The molecule has 0 radical (unpaired) electrons. The summed E-state index contributed by atoms with van der Waals surface area (Å²) < 4.78 is 5.28. The minimum absolute atomic E-state index is 0. The van der Waals surface area contributed by atoms with Crippen LogP contribution < -0.4 is 5.73 Å². The molecule has 2 saturated heterocycles. The van der Waals surface area contributed by atoms with Crippen molar-refractivity contribution in [3.63, 3.8) is 0 Å². The highest BCUT2D eigenvalue weighted by Gasteiger charge is 2.30. The Kier molecular flexibility index (Phi) is 10.2. The smallest absolute Gasteiger partial charge is 0.236 e. The second-order valence-electron chi connectivity index (χ2n) is 7.21. The maximum absolute atomic E-state index is 12.4. The van der Waals surface area contributed by atoms with E-state index in [1.54, 1.807) is 0 Å². The van der Waals surface area contributed by atoms with Gasteiger partial charge in [-0.05, 0) is 18.8 Å². The minimum Gasteiger partial charge on any atom is -0.378 e. The second kappa shape index (κ2) is 11.3. The van der Waals surface area contributed by atoms with Crippen molar-refractivity contribution in [2.24, 2.45) is 11.7 Å². The number of carbonyl (C=O) groups excluding carboxylic acids is 2. The summed E-state index contributed by atoms with van der Waals surface area (Å²) in [6.07, 6.45) is 3.88. The SMILES string of the molecule is Cl.Cl.N[C@@H]1CCC[C@H]1CC(=O)N1CCN(CC(=O)N2CCOCC2)CC1. The van der Waals surface area contributed by atoms with E-state index in [4.69, 9.17) is 10.5 Å². The lowest BCUT2D eigenvalue weighted by Crippen LogP contribution is -2.53. The quantitative estimate of drug-likeness (QED) is 0.723. The summed E-state index contributed by atoms with van der Waals surface area (Å²) in [5.74, 6) is 0.768. The van der Waals surface area contributed by atoms with Gasteiger partial charge >= 0.3 is 0 Å². The van der Waals surface area contributed by atoms with Gasteiger partial charge < -0.3 is 20.3 Å². The molecular weight excluding hydrogens is 379 g/mol. The molecule has 2 heterocycles. The van der Waals surface area contributed by atoms with Crippen molar-refractivity contribution in [3.05, 3.63) is 0 Å². The second-order valence-corrected chi connectivity index (χ2v) is 7.21. The zero-order valence-corrected chi connectivity index (χ0v) is 16.9. The fourth-order valence-corrected chi connectivity index (χ4v) is 3.93. The highest BCUT2D eigenvalue weighted by Crippen LogP contribution is 2.27. The van der Waals surface area contributed by atoms with Gasteiger partial charge in [0.25, 0.3) is 0 Å². The molecule has 26 heavy (non-hydrogen) atoms. The highest BCUT2D eigenvalue weighted by atomic mass is 35.5. The van der Waals surface area contributed by atoms with Crippen molar-refractivity contribution < 1.29 is 14.3 Å². The largest absolute Gasteiger partial charge is 0.378 e. The first kappa shape index (κ1) is 23.4. The number of amides is 2. The third-order valence-electron chi connectivity index (χ3n) is 5.60. The van der Waals surface area contributed by atoms with Crippen molar-refractivity contribution in [1.82, 2.24) is 14.7 Å². The number of piperazine rings is 1. The Morgan fingerprint density at radius 2 is 1.50 bits per heavy atom. The van der Waals surface area contributed by atoms with Crippen molar-refractivity contribution in [1.29, 1.82) is 0 Å². The normalized spacial score (nSPS) is 26.8. The van der Waals surface area contributed by atoms with Crippen LogP contribution >= 0.6 is 24.8 Å². The molecule has 2 atom stereocenters. The number of ether oxygens (including phenoxy) is 1. The Bertz CT molecular complexity index is 455. The molecular formula is C17H32Cl2N4O3. The van der Waals surface area contributed by atoms with E-state index in [2.05, 4.69) is 4.90 Å². The van der Waals surface area contributed by atoms with E-state index in [1.165, 1.54) is 0 Å². The van der Waals surface area contributed by atoms with E-state index in [0.29, 0.717) is 45.2 Å². The lowest BCUT2D eigenvalue weighted by molar-refractivity contribution is -0.138. The predicted octanol–water partition coefficient (Wildman–Crippen LogP) is 0.351. The molecule has 2 amide bonds. The van der Waals surface area contributed by atoms with Gasteiger partial charge in [-0.3, -0.25) is 14.5 Å². The third-order valence-corrected chi connectivity index (χ3v) is 5.60. The Labute approximate surface area is 168 Å². The Morgan fingerprint density at radius 1 is 0.885 bits per heavy atom.